The molecule has 1 aromatic carbocycles. The Kier molecular flexibility index (Phi) is 4.41. The lowest BCUT2D eigenvalue weighted by atomic mass is 9.99. The number of nitrogens with one attached hydrogen (secondary N) is 1. The molecule has 2 N–H and O–H groups in total. The van der Waals surface area contributed by atoms with Crippen LogP contribution in [0.1, 0.15) is 18.2 Å². The average molecular weight is 341 g/mol. The minimum Gasteiger partial charge on any atom is -0.439 e. The van der Waals surface area contributed by atoms with E-state index in [0.29, 0.717) is 22.9 Å². The molecule has 7 heteroatoms. The van der Waals surface area contributed by atoms with Crippen LogP contribution in [-0.2, 0) is 16.6 Å². The van der Waals surface area contributed by atoms with E-state index in [1.165, 1.54) is 6.92 Å². The SMILES string of the molecule is CC(=O)C1C(=O)NC(=Cc2c(C)nn(C)c2Oc2ccccc2)C1O. The van der Waals surface area contributed by atoms with E-state index >= 15 is 0 Å². The van der Waals surface area contributed by atoms with E-state index in [0.717, 1.165) is 0 Å². The van der Waals surface area contributed by atoms with Crippen molar-refractivity contribution in [2.75, 3.05) is 0 Å². The molecule has 2 heterocycles. The Morgan fingerprint density at radius 3 is 2.64 bits per heavy atom. The highest BCUT2D eigenvalue weighted by Gasteiger charge is 2.40. The summed E-state index contributed by atoms with van der Waals surface area (Å²) in [6.07, 6.45) is 0.403. The number of ketones is 1. The number of para-hydroxylation sites is 1. The van der Waals surface area contributed by atoms with Crippen molar-refractivity contribution >= 4 is 17.8 Å². The van der Waals surface area contributed by atoms with Crippen LogP contribution < -0.4 is 10.1 Å². The molecule has 7 nitrogen and oxygen atoms in total. The third kappa shape index (κ3) is 3.18. The van der Waals surface area contributed by atoms with E-state index in [9.17, 15) is 14.7 Å². The summed E-state index contributed by atoms with van der Waals surface area (Å²) in [5, 5.41) is 17.2. The molecular formula is C18H19N3O4. The molecular weight excluding hydrogens is 322 g/mol. The Morgan fingerprint density at radius 1 is 1.36 bits per heavy atom. The molecule has 0 spiro atoms. The monoisotopic (exact) mass is 341 g/mol. The zero-order valence-electron chi connectivity index (χ0n) is 14.2. The van der Waals surface area contributed by atoms with Crippen molar-refractivity contribution in [3.63, 3.8) is 0 Å². The second kappa shape index (κ2) is 6.52. The van der Waals surface area contributed by atoms with Gasteiger partial charge in [0, 0.05) is 12.7 Å². The summed E-state index contributed by atoms with van der Waals surface area (Å²) >= 11 is 0. The van der Waals surface area contributed by atoms with Crippen LogP contribution >= 0.6 is 0 Å². The number of Topliss-reactive ketones (excluding diaryl/α,β-unsaturated/α-hetero) is 1. The summed E-state index contributed by atoms with van der Waals surface area (Å²) in [7, 11) is 1.75. The summed E-state index contributed by atoms with van der Waals surface area (Å²) in [4.78, 5) is 23.5. The number of aryl methyl sites for hydroxylation is 2. The smallest absolute Gasteiger partial charge is 0.237 e. The van der Waals surface area contributed by atoms with Crippen LogP contribution in [0.25, 0.3) is 6.08 Å². The second-order valence-electron chi connectivity index (χ2n) is 5.97. The molecule has 1 aromatic heterocycles. The van der Waals surface area contributed by atoms with Crippen molar-refractivity contribution in [3.8, 4) is 11.6 Å². The van der Waals surface area contributed by atoms with Crippen LogP contribution in [0.15, 0.2) is 36.0 Å². The number of carbonyl (C=O) groups is 2. The summed E-state index contributed by atoms with van der Waals surface area (Å²) in [6.45, 7) is 3.09. The van der Waals surface area contributed by atoms with Crippen LogP contribution in [0.3, 0.4) is 0 Å². The van der Waals surface area contributed by atoms with E-state index in [1.807, 2.05) is 30.3 Å². The van der Waals surface area contributed by atoms with Gasteiger partial charge >= 0.3 is 0 Å². The Hall–Kier alpha value is -2.93. The predicted molar refractivity (Wildman–Crippen MR) is 90.8 cm³/mol. The number of hydrogen-bond donors (Lipinski definition) is 2. The van der Waals surface area contributed by atoms with E-state index in [4.69, 9.17) is 4.74 Å². The van der Waals surface area contributed by atoms with Gasteiger partial charge in [-0.2, -0.15) is 5.10 Å². The van der Waals surface area contributed by atoms with E-state index in [-0.39, 0.29) is 11.5 Å². The maximum atomic E-state index is 11.9. The van der Waals surface area contributed by atoms with Gasteiger partial charge in [0.15, 0.2) is 0 Å². The van der Waals surface area contributed by atoms with Gasteiger partial charge in [0.05, 0.1) is 11.3 Å². The number of nitrogens with zero attached hydrogens (tertiary/aromatic N) is 2. The summed E-state index contributed by atoms with van der Waals surface area (Å²) in [6, 6.07) is 9.23. The molecule has 1 amide bonds. The van der Waals surface area contributed by atoms with Crippen molar-refractivity contribution in [2.45, 2.75) is 20.0 Å². The Balaban J connectivity index is 1.98. The fraction of sp³-hybridized carbons (Fsp3) is 0.278. The zero-order chi connectivity index (χ0) is 18.1. The third-order valence-corrected chi connectivity index (χ3v) is 4.09. The number of hydrogen-bond acceptors (Lipinski definition) is 5. The number of aliphatic hydroxyl groups is 1. The van der Waals surface area contributed by atoms with Crippen LogP contribution in [0.4, 0.5) is 0 Å². The first kappa shape index (κ1) is 16.9. The summed E-state index contributed by atoms with van der Waals surface area (Å²) in [5.41, 5.74) is 1.57. The largest absolute Gasteiger partial charge is 0.439 e. The van der Waals surface area contributed by atoms with Gasteiger partial charge in [0.1, 0.15) is 23.6 Å². The van der Waals surface area contributed by atoms with Crippen molar-refractivity contribution in [1.29, 1.82) is 0 Å². The van der Waals surface area contributed by atoms with Gasteiger partial charge in [-0.25, -0.2) is 4.68 Å². The molecule has 1 saturated heterocycles. The molecule has 1 fully saturated rings. The van der Waals surface area contributed by atoms with Gasteiger partial charge in [0.25, 0.3) is 0 Å². The third-order valence-electron chi connectivity index (χ3n) is 4.09. The van der Waals surface area contributed by atoms with Crippen LogP contribution in [0.5, 0.6) is 11.6 Å². The van der Waals surface area contributed by atoms with Gasteiger partial charge in [-0.15, -0.1) is 0 Å². The van der Waals surface area contributed by atoms with E-state index in [1.54, 1.807) is 24.7 Å². The molecule has 1 aliphatic rings. The molecule has 2 aromatic rings. The maximum absolute atomic E-state index is 11.9. The van der Waals surface area contributed by atoms with Crippen LogP contribution in [0, 0.1) is 12.8 Å². The highest BCUT2D eigenvalue weighted by atomic mass is 16.5. The molecule has 0 bridgehead atoms. The first-order valence-corrected chi connectivity index (χ1v) is 7.86. The van der Waals surface area contributed by atoms with Crippen LogP contribution in [0.2, 0.25) is 0 Å². The van der Waals surface area contributed by atoms with Crippen molar-refractivity contribution in [3.05, 3.63) is 47.3 Å². The quantitative estimate of drug-likeness (QED) is 0.823. The first-order chi connectivity index (χ1) is 11.9. The van der Waals surface area contributed by atoms with Crippen molar-refractivity contribution < 1.29 is 19.4 Å². The Morgan fingerprint density at radius 2 is 2.04 bits per heavy atom. The van der Waals surface area contributed by atoms with Crippen molar-refractivity contribution in [2.24, 2.45) is 13.0 Å². The lowest BCUT2D eigenvalue weighted by molar-refractivity contribution is -0.132. The van der Waals surface area contributed by atoms with E-state index in [2.05, 4.69) is 10.4 Å². The molecule has 2 atom stereocenters. The second-order valence-corrected chi connectivity index (χ2v) is 5.97. The minimum atomic E-state index is -1.20. The van der Waals surface area contributed by atoms with E-state index < -0.39 is 17.9 Å². The lowest BCUT2D eigenvalue weighted by Gasteiger charge is -2.09. The molecule has 1 aliphatic heterocycles. The standard InChI is InChI=1S/C18H19N3O4/c1-10-13(9-14-16(23)15(11(2)22)17(24)19-14)18(21(3)20-10)25-12-7-5-4-6-8-12/h4-9,15-16,23H,1-3H3,(H,19,24). The Bertz CT molecular complexity index is 855. The number of carbonyl (C=O) groups excluding carboxylic acids is 2. The molecule has 25 heavy (non-hydrogen) atoms. The molecule has 130 valence electrons. The average Bonchev–Trinajstić information content (AvgIpc) is 2.98. The van der Waals surface area contributed by atoms with Crippen LogP contribution in [-0.4, -0.2) is 32.7 Å². The molecule has 2 unspecified atom stereocenters. The van der Waals surface area contributed by atoms with Crippen molar-refractivity contribution in [1.82, 2.24) is 15.1 Å². The van der Waals surface area contributed by atoms with Gasteiger partial charge in [0.2, 0.25) is 11.8 Å². The fourth-order valence-electron chi connectivity index (χ4n) is 2.84. The highest BCUT2D eigenvalue weighted by molar-refractivity contribution is 6.04. The van der Waals surface area contributed by atoms with Gasteiger partial charge < -0.3 is 15.2 Å². The summed E-state index contributed by atoms with van der Waals surface area (Å²) in [5.74, 6) is -0.844. The molecule has 0 radical (unpaired) electrons. The number of benzene rings is 1. The molecule has 0 aliphatic carbocycles. The van der Waals surface area contributed by atoms with Gasteiger partial charge in [-0.3, -0.25) is 9.59 Å². The number of aromatic nitrogens is 2. The minimum absolute atomic E-state index is 0.263. The Labute approximate surface area is 144 Å². The summed E-state index contributed by atoms with van der Waals surface area (Å²) < 4.78 is 7.49. The topological polar surface area (TPSA) is 93.5 Å². The predicted octanol–water partition coefficient (Wildman–Crippen LogP) is 1.56. The normalized spacial score (nSPS) is 21.4. The maximum Gasteiger partial charge on any atom is 0.237 e. The number of amides is 1. The fourth-order valence-corrected chi connectivity index (χ4v) is 2.84. The molecule has 0 saturated carbocycles. The number of rotatable bonds is 4. The van der Waals surface area contributed by atoms with Gasteiger partial charge in [-0.05, 0) is 32.1 Å². The highest BCUT2D eigenvalue weighted by Crippen LogP contribution is 2.31. The molecule has 3 rings (SSSR count). The van der Waals surface area contributed by atoms with Gasteiger partial charge in [-0.1, -0.05) is 18.2 Å². The first-order valence-electron chi connectivity index (χ1n) is 7.86. The lowest BCUT2D eigenvalue weighted by Crippen LogP contribution is -2.28. The number of aliphatic hydroxyl groups excluding tert-OH is 1. The number of ether oxygens (including phenoxy) is 1. The zero-order valence-corrected chi connectivity index (χ0v) is 14.2.